The highest BCUT2D eigenvalue weighted by molar-refractivity contribution is 5.59. The molecular formula is C16H8N2O. The standard InChI is InChI=1S/C16H8N2O/c17-10-13-3-1-12(2-4-13)9-16(19)15-7-5-14(11-18)6-8-15/h1-8H. The van der Waals surface area contributed by atoms with Crippen LogP contribution in [-0.4, -0.2) is 0 Å². The third-order valence-corrected chi connectivity index (χ3v) is 2.55. The molecule has 0 spiro atoms. The molecule has 2 aromatic carbocycles. The van der Waals surface area contributed by atoms with Gasteiger partial charge in [0, 0.05) is 41.7 Å². The average molecular weight is 244 g/mol. The predicted octanol–water partition coefficient (Wildman–Crippen LogP) is 1.98. The first kappa shape index (κ1) is 12.3. The van der Waals surface area contributed by atoms with Crippen LogP contribution in [0.4, 0.5) is 0 Å². The van der Waals surface area contributed by atoms with Crippen molar-refractivity contribution in [2.75, 3.05) is 0 Å². The van der Waals surface area contributed by atoms with Gasteiger partial charge in [0.2, 0.25) is 0 Å². The summed E-state index contributed by atoms with van der Waals surface area (Å²) < 4.78 is 0. The van der Waals surface area contributed by atoms with Crippen LogP contribution in [0.5, 0.6) is 0 Å². The Balaban J connectivity index is 2.26. The Labute approximate surface area is 111 Å². The molecule has 2 rings (SSSR count). The van der Waals surface area contributed by atoms with Crippen molar-refractivity contribution < 1.29 is 5.11 Å². The Bertz CT molecular complexity index is 684. The number of hydrogen-bond donors (Lipinski definition) is 0. The van der Waals surface area contributed by atoms with Gasteiger partial charge in [-0.15, -0.1) is 0 Å². The summed E-state index contributed by atoms with van der Waals surface area (Å²) in [6.07, 6.45) is 2.72. The summed E-state index contributed by atoms with van der Waals surface area (Å²) in [7, 11) is 0. The second-order valence-corrected chi connectivity index (χ2v) is 3.83. The minimum atomic E-state index is -0.255. The quantitative estimate of drug-likeness (QED) is 0.460. The summed E-state index contributed by atoms with van der Waals surface area (Å²) in [6.45, 7) is 0. The third-order valence-electron chi connectivity index (χ3n) is 2.55. The van der Waals surface area contributed by atoms with Gasteiger partial charge >= 0.3 is 0 Å². The van der Waals surface area contributed by atoms with Crippen molar-refractivity contribution in [2.24, 2.45) is 0 Å². The van der Waals surface area contributed by atoms with E-state index in [4.69, 9.17) is 10.5 Å². The fraction of sp³-hybridized carbons (Fsp3) is 0. The van der Waals surface area contributed by atoms with Gasteiger partial charge in [-0.05, 0) is 24.3 Å². The summed E-state index contributed by atoms with van der Waals surface area (Å²) >= 11 is 0. The molecule has 2 aromatic rings. The Morgan fingerprint density at radius 1 is 0.842 bits per heavy atom. The largest absolute Gasteiger partial charge is 0.850 e. The van der Waals surface area contributed by atoms with Crippen LogP contribution in [0.1, 0.15) is 22.3 Å². The van der Waals surface area contributed by atoms with Gasteiger partial charge in [-0.3, -0.25) is 0 Å². The van der Waals surface area contributed by atoms with Gasteiger partial charge in [-0.25, -0.2) is 0 Å². The van der Waals surface area contributed by atoms with E-state index < -0.39 is 0 Å². The molecule has 0 atom stereocenters. The lowest BCUT2D eigenvalue weighted by atomic mass is 10.1. The topological polar surface area (TPSA) is 70.6 Å². The summed E-state index contributed by atoms with van der Waals surface area (Å²) in [5.74, 6) is -0.255. The average Bonchev–Trinajstić information content (AvgIpc) is 2.48. The molecule has 0 aliphatic rings. The maximum absolute atomic E-state index is 11.9. The molecular weight excluding hydrogens is 236 g/mol. The van der Waals surface area contributed by atoms with Gasteiger partial charge in [-0.1, -0.05) is 0 Å². The van der Waals surface area contributed by atoms with E-state index in [1.54, 1.807) is 48.5 Å². The Hall–Kier alpha value is -3.13. The predicted molar refractivity (Wildman–Crippen MR) is 68.1 cm³/mol. The second-order valence-electron chi connectivity index (χ2n) is 3.83. The molecule has 0 saturated carbocycles. The molecule has 0 aliphatic heterocycles. The fourth-order valence-electron chi connectivity index (χ4n) is 1.53. The first-order chi connectivity index (χ1) is 9.22. The highest BCUT2D eigenvalue weighted by Crippen LogP contribution is 2.12. The van der Waals surface area contributed by atoms with Gasteiger partial charge < -0.3 is 5.11 Å². The first-order valence-corrected chi connectivity index (χ1v) is 5.54. The van der Waals surface area contributed by atoms with Crippen molar-refractivity contribution in [3.63, 3.8) is 0 Å². The summed E-state index contributed by atoms with van der Waals surface area (Å²) in [5.41, 5.74) is 2.14. The van der Waals surface area contributed by atoms with E-state index in [2.05, 4.69) is 6.08 Å². The lowest BCUT2D eigenvalue weighted by molar-refractivity contribution is -0.244. The Morgan fingerprint density at radius 3 is 1.79 bits per heavy atom. The van der Waals surface area contributed by atoms with Crippen molar-refractivity contribution in [3.8, 4) is 12.1 Å². The van der Waals surface area contributed by atoms with Crippen LogP contribution in [0.2, 0.25) is 0 Å². The number of nitrogens with zero attached hydrogens (tertiary/aromatic N) is 2. The van der Waals surface area contributed by atoms with Crippen molar-refractivity contribution in [1.82, 2.24) is 0 Å². The zero-order chi connectivity index (χ0) is 13.7. The van der Waals surface area contributed by atoms with Gasteiger partial charge in [-0.2, -0.15) is 10.5 Å². The Kier molecular flexibility index (Phi) is 3.55. The van der Waals surface area contributed by atoms with Crippen molar-refractivity contribution in [2.45, 2.75) is 0 Å². The molecule has 0 amide bonds. The van der Waals surface area contributed by atoms with E-state index in [1.165, 1.54) is 0 Å². The maximum Gasteiger partial charge on any atom is 0.146 e. The van der Waals surface area contributed by atoms with Crippen LogP contribution >= 0.6 is 0 Å². The van der Waals surface area contributed by atoms with Gasteiger partial charge in [0.05, 0.1) is 17.2 Å². The van der Waals surface area contributed by atoms with E-state index in [1.807, 2.05) is 12.1 Å². The Morgan fingerprint density at radius 2 is 1.32 bits per heavy atom. The van der Waals surface area contributed by atoms with Crippen LogP contribution < -0.4 is 5.11 Å². The van der Waals surface area contributed by atoms with Crippen LogP contribution in [0, 0.1) is 28.7 Å². The van der Waals surface area contributed by atoms with Crippen LogP contribution in [0.15, 0.2) is 48.5 Å². The lowest BCUT2D eigenvalue weighted by Gasteiger charge is -2.04. The molecule has 88 valence electrons. The molecule has 0 fully saturated rings. The molecule has 3 nitrogen and oxygen atoms in total. The summed E-state index contributed by atoms with van der Waals surface area (Å²) in [6, 6.07) is 17.0. The van der Waals surface area contributed by atoms with Crippen molar-refractivity contribution in [3.05, 3.63) is 76.9 Å². The monoisotopic (exact) mass is 244 g/mol. The van der Waals surface area contributed by atoms with E-state index >= 15 is 0 Å². The molecule has 0 saturated heterocycles. The number of nitriles is 2. The molecule has 0 N–H and O–H groups in total. The van der Waals surface area contributed by atoms with Gasteiger partial charge in [0.15, 0.2) is 0 Å². The fourth-order valence-corrected chi connectivity index (χ4v) is 1.53. The molecule has 0 radical (unpaired) electrons. The number of benzene rings is 2. The molecule has 0 unspecified atom stereocenters. The molecule has 0 aliphatic carbocycles. The molecule has 3 heteroatoms. The highest BCUT2D eigenvalue weighted by atomic mass is 16.3. The van der Waals surface area contributed by atoms with E-state index in [0.717, 1.165) is 0 Å². The van der Waals surface area contributed by atoms with E-state index in [-0.39, 0.29) is 5.76 Å². The molecule has 0 aromatic heterocycles. The SMILES string of the molecule is N#Cc1ccc([C+]=C([O-])c2ccc(C#N)cc2)cc1. The zero-order valence-corrected chi connectivity index (χ0v) is 9.92. The molecule has 19 heavy (non-hydrogen) atoms. The molecule has 0 heterocycles. The number of hydrogen-bond acceptors (Lipinski definition) is 3. The zero-order valence-electron chi connectivity index (χ0n) is 9.92. The summed E-state index contributed by atoms with van der Waals surface area (Å²) in [4.78, 5) is 0. The van der Waals surface area contributed by atoms with Crippen LogP contribution in [-0.2, 0) is 0 Å². The third kappa shape index (κ3) is 2.96. The van der Waals surface area contributed by atoms with E-state index in [9.17, 15) is 5.11 Å². The van der Waals surface area contributed by atoms with Crippen LogP contribution in [0.3, 0.4) is 0 Å². The van der Waals surface area contributed by atoms with Gasteiger partial charge in [0.25, 0.3) is 0 Å². The highest BCUT2D eigenvalue weighted by Gasteiger charge is 2.02. The minimum absolute atomic E-state index is 0.255. The van der Waals surface area contributed by atoms with Crippen LogP contribution in [0.25, 0.3) is 5.76 Å². The van der Waals surface area contributed by atoms with Crippen molar-refractivity contribution in [1.29, 1.82) is 10.5 Å². The normalized spacial score (nSPS) is 10.1. The van der Waals surface area contributed by atoms with E-state index in [0.29, 0.717) is 22.3 Å². The smallest absolute Gasteiger partial charge is 0.146 e. The van der Waals surface area contributed by atoms with Crippen molar-refractivity contribution >= 4 is 5.76 Å². The lowest BCUT2D eigenvalue weighted by Crippen LogP contribution is -2.02. The second kappa shape index (κ2) is 5.47. The molecule has 0 bridgehead atoms. The van der Waals surface area contributed by atoms with Gasteiger partial charge in [0.1, 0.15) is 11.6 Å². The first-order valence-electron chi connectivity index (χ1n) is 5.54. The maximum atomic E-state index is 11.9. The minimum Gasteiger partial charge on any atom is -0.850 e. The number of rotatable bonds is 2. The summed E-state index contributed by atoms with van der Waals surface area (Å²) in [5, 5.41) is 29.3.